The van der Waals surface area contributed by atoms with E-state index in [1.165, 1.54) is 0 Å². The summed E-state index contributed by atoms with van der Waals surface area (Å²) >= 11 is 6.20. The zero-order valence-electron chi connectivity index (χ0n) is 6.26. The molecule has 0 saturated heterocycles. The molecule has 0 spiro atoms. The first-order valence-electron chi connectivity index (χ1n) is 3.39. The second-order valence-electron chi connectivity index (χ2n) is 2.18. The predicted molar refractivity (Wildman–Crippen MR) is 50.2 cm³/mol. The number of hydrogen-bond acceptors (Lipinski definition) is 2. The summed E-state index contributed by atoms with van der Waals surface area (Å²) in [6.07, 6.45) is 0. The number of rotatable bonds is 2. The van der Waals surface area contributed by atoms with Crippen LogP contribution < -0.4 is 21.2 Å². The first kappa shape index (κ1) is 9.79. The lowest BCUT2D eigenvalue weighted by Gasteiger charge is -1.75. The highest BCUT2D eigenvalue weighted by Crippen LogP contribution is 2.09. The zero-order valence-corrected chi connectivity index (χ0v) is 11.6. The first-order valence-corrected chi connectivity index (χ1v) is 7.14. The van der Waals surface area contributed by atoms with E-state index >= 15 is 0 Å². The summed E-state index contributed by atoms with van der Waals surface area (Å²) in [6.45, 7) is 0. The van der Waals surface area contributed by atoms with Gasteiger partial charge in [0.2, 0.25) is 0 Å². The van der Waals surface area contributed by atoms with Gasteiger partial charge in [-0.1, -0.05) is 0 Å². The van der Waals surface area contributed by atoms with Crippen LogP contribution >= 0.6 is 31.9 Å². The highest BCUT2D eigenvalue weighted by Gasteiger charge is 2.23. The molecule has 0 unspecified atom stereocenters. The van der Waals surface area contributed by atoms with Crippen molar-refractivity contribution in [1.82, 2.24) is 0 Å². The molecule has 0 aliphatic heterocycles. The van der Waals surface area contributed by atoms with E-state index < -0.39 is 0 Å². The summed E-state index contributed by atoms with van der Waals surface area (Å²) in [5.74, 6) is 0. The maximum atomic E-state index is 5.39. The molecule has 2 aromatic heterocycles. The molecule has 0 aliphatic carbocycles. The van der Waals surface area contributed by atoms with E-state index in [-0.39, 0.29) is 21.2 Å². The molecule has 13 heavy (non-hydrogen) atoms. The third kappa shape index (κ3) is 2.60. The Morgan fingerprint density at radius 3 is 1.62 bits per heavy atom. The van der Waals surface area contributed by atoms with Gasteiger partial charge in [-0.3, -0.25) is 0 Å². The van der Waals surface area contributed by atoms with Crippen LogP contribution in [-0.2, 0) is 0 Å². The lowest BCUT2D eigenvalue weighted by Crippen LogP contribution is -3.61. The summed E-state index contributed by atoms with van der Waals surface area (Å²) in [6, 6.07) is 7.72. The fraction of sp³-hybridized carbons (Fsp3) is 0. The molecule has 0 fully saturated rings. The largest absolute Gasteiger partial charge is 0.443 e. The van der Waals surface area contributed by atoms with Crippen molar-refractivity contribution in [1.29, 1.82) is 0 Å². The Balaban J connectivity index is 2.14. The van der Waals surface area contributed by atoms with Crippen LogP contribution in [0.5, 0.6) is 0 Å². The van der Waals surface area contributed by atoms with Crippen LogP contribution in [0.2, 0.25) is 0 Å². The predicted octanol–water partition coefficient (Wildman–Crippen LogP) is 0.526. The van der Waals surface area contributed by atoms with Crippen LogP contribution in [0.15, 0.2) is 42.4 Å². The van der Waals surface area contributed by atoms with Crippen LogP contribution in [0.25, 0.3) is 0 Å². The van der Waals surface area contributed by atoms with Gasteiger partial charge < -0.3 is 8.83 Å². The van der Waals surface area contributed by atoms with Crippen molar-refractivity contribution in [2.45, 2.75) is 0 Å². The van der Waals surface area contributed by atoms with Crippen molar-refractivity contribution in [3.8, 4) is 0 Å². The Morgan fingerprint density at radius 1 is 0.846 bits per heavy atom. The molecule has 0 radical (unpaired) electrons. The third-order valence-electron chi connectivity index (χ3n) is 1.27. The van der Waals surface area contributed by atoms with Crippen LogP contribution in [-0.4, -0.2) is 0 Å². The first-order chi connectivity index (χ1) is 6.24. The minimum Gasteiger partial charge on any atom is -0.411 e. The van der Waals surface area contributed by atoms with E-state index in [0.717, 1.165) is 16.9 Å². The highest BCUT2D eigenvalue weighted by molar-refractivity contribution is 9.10. The Morgan fingerprint density at radius 2 is 1.31 bits per heavy atom. The number of halogens is 3. The van der Waals surface area contributed by atoms with Crippen molar-refractivity contribution in [3.05, 3.63) is 41.1 Å². The average Bonchev–Trinajstić information content (AvgIpc) is 2.62. The van der Waals surface area contributed by atoms with E-state index in [2.05, 4.69) is 31.9 Å². The zero-order chi connectivity index (χ0) is 9.26. The Labute approximate surface area is 102 Å². The van der Waals surface area contributed by atoms with Gasteiger partial charge in [0.1, 0.15) is 0 Å². The SMILES string of the molecule is Brc1ccc([I+]c2ccc(Br)o2)o1. The summed E-state index contributed by atoms with van der Waals surface area (Å²) in [5, 5.41) is 0. The summed E-state index contributed by atoms with van der Waals surface area (Å²) in [4.78, 5) is 0. The molecule has 0 atom stereocenters. The standard InChI is InChI=1S/C8H4Br2IO2/c9-5-1-3-7(12-5)11-8-4-2-6(10)13-8/h1-4H/q+1. The molecular weight excluding hydrogens is 415 g/mol. The lowest BCUT2D eigenvalue weighted by atomic mass is 10.7. The number of hydrogen-bond donors (Lipinski definition) is 0. The van der Waals surface area contributed by atoms with Gasteiger partial charge in [0, 0.05) is 12.1 Å². The Kier molecular flexibility index (Phi) is 3.15. The van der Waals surface area contributed by atoms with Crippen LogP contribution in [0.1, 0.15) is 0 Å². The quantitative estimate of drug-likeness (QED) is 0.665. The van der Waals surface area contributed by atoms with Crippen LogP contribution in [0.3, 0.4) is 0 Å². The molecule has 0 aromatic carbocycles. The molecule has 0 bridgehead atoms. The van der Waals surface area contributed by atoms with Crippen LogP contribution in [0, 0.1) is 7.53 Å². The molecule has 2 heterocycles. The van der Waals surface area contributed by atoms with Crippen LogP contribution in [0.4, 0.5) is 0 Å². The van der Waals surface area contributed by atoms with Gasteiger partial charge in [-0.15, -0.1) is 0 Å². The molecule has 5 heteroatoms. The molecule has 2 nitrogen and oxygen atoms in total. The summed E-state index contributed by atoms with van der Waals surface area (Å²) in [7, 11) is 0. The van der Waals surface area contributed by atoms with E-state index in [0.29, 0.717) is 0 Å². The molecule has 0 N–H and O–H groups in total. The van der Waals surface area contributed by atoms with Crippen molar-refractivity contribution >= 4 is 31.9 Å². The molecule has 2 aromatic rings. The van der Waals surface area contributed by atoms with Gasteiger partial charge in [0.25, 0.3) is 0 Å². The molecular formula is C8H4Br2IO2+. The smallest absolute Gasteiger partial charge is 0.411 e. The minimum atomic E-state index is -0.323. The van der Waals surface area contributed by atoms with Crippen molar-refractivity contribution in [2.24, 2.45) is 0 Å². The van der Waals surface area contributed by atoms with Gasteiger partial charge >= 0.3 is 28.7 Å². The third-order valence-corrected chi connectivity index (χ3v) is 4.34. The number of furan rings is 2. The molecule has 2 rings (SSSR count). The molecule has 0 amide bonds. The van der Waals surface area contributed by atoms with Gasteiger partial charge in [-0.2, -0.15) is 0 Å². The van der Waals surface area contributed by atoms with E-state index in [9.17, 15) is 0 Å². The summed E-state index contributed by atoms with van der Waals surface area (Å²) < 4.78 is 14.3. The second kappa shape index (κ2) is 4.18. The fourth-order valence-corrected chi connectivity index (χ4v) is 3.93. The van der Waals surface area contributed by atoms with E-state index in [1.54, 1.807) is 0 Å². The Hall–Kier alpha value is 0.250. The van der Waals surface area contributed by atoms with Crippen molar-refractivity contribution < 1.29 is 30.0 Å². The van der Waals surface area contributed by atoms with E-state index in [4.69, 9.17) is 8.83 Å². The highest BCUT2D eigenvalue weighted by atomic mass is 127. The van der Waals surface area contributed by atoms with Gasteiger partial charge in [0.15, 0.2) is 9.34 Å². The average molecular weight is 419 g/mol. The van der Waals surface area contributed by atoms with Crippen molar-refractivity contribution in [2.75, 3.05) is 0 Å². The molecule has 0 saturated carbocycles. The van der Waals surface area contributed by atoms with Gasteiger partial charge in [0.05, 0.1) is 0 Å². The second-order valence-corrected chi connectivity index (χ2v) is 6.41. The minimum absolute atomic E-state index is 0.323. The maximum absolute atomic E-state index is 5.39. The van der Waals surface area contributed by atoms with Gasteiger partial charge in [-0.25, -0.2) is 0 Å². The van der Waals surface area contributed by atoms with Gasteiger partial charge in [-0.05, 0) is 44.0 Å². The summed E-state index contributed by atoms with van der Waals surface area (Å²) in [5.41, 5.74) is 0. The Bertz CT molecular complexity index is 369. The monoisotopic (exact) mass is 417 g/mol. The molecule has 0 aliphatic rings. The normalized spacial score (nSPS) is 10.6. The lowest BCUT2D eigenvalue weighted by molar-refractivity contribution is -0.636. The maximum Gasteiger partial charge on any atom is 0.443 e. The van der Waals surface area contributed by atoms with E-state index in [1.807, 2.05) is 24.3 Å². The fourth-order valence-electron chi connectivity index (χ4n) is 0.778. The van der Waals surface area contributed by atoms with Crippen molar-refractivity contribution in [3.63, 3.8) is 0 Å². The topological polar surface area (TPSA) is 26.3 Å². The molecule has 68 valence electrons.